The zero-order valence-corrected chi connectivity index (χ0v) is 21.2. The molecule has 0 bridgehead atoms. The van der Waals surface area contributed by atoms with Crippen molar-refractivity contribution in [3.8, 4) is 0 Å². The molecule has 4 rings (SSSR count). The fourth-order valence-electron chi connectivity index (χ4n) is 4.99. The molecule has 10 heteroatoms. The number of nitrogens with one attached hydrogen (secondary N) is 1. The smallest absolute Gasteiger partial charge is 0.249 e. The van der Waals surface area contributed by atoms with Crippen molar-refractivity contribution < 1.29 is 22.4 Å². The highest BCUT2D eigenvalue weighted by Crippen LogP contribution is 2.40. The van der Waals surface area contributed by atoms with Crippen molar-refractivity contribution in [2.45, 2.75) is 37.1 Å². The van der Waals surface area contributed by atoms with E-state index in [9.17, 15) is 22.4 Å². The third kappa shape index (κ3) is 6.29. The van der Waals surface area contributed by atoms with Gasteiger partial charge in [-0.2, -0.15) is 4.31 Å². The maximum atomic E-state index is 13.6. The summed E-state index contributed by atoms with van der Waals surface area (Å²) in [6, 6.07) is 13.8. The first-order chi connectivity index (χ1) is 17.1. The number of amides is 2. The Kier molecular flexibility index (Phi) is 8.07. The summed E-state index contributed by atoms with van der Waals surface area (Å²) >= 11 is 0. The number of halogens is 1. The summed E-state index contributed by atoms with van der Waals surface area (Å²) < 4.78 is 38.2. The van der Waals surface area contributed by atoms with E-state index in [0.717, 1.165) is 12.0 Å². The van der Waals surface area contributed by atoms with Crippen LogP contribution in [0.5, 0.6) is 0 Å². The van der Waals surface area contributed by atoms with Gasteiger partial charge in [0.2, 0.25) is 21.8 Å². The monoisotopic (exact) mass is 516 g/mol. The van der Waals surface area contributed by atoms with Gasteiger partial charge in [0.15, 0.2) is 0 Å². The fourth-order valence-corrected chi connectivity index (χ4v) is 5.82. The molecule has 0 aromatic heterocycles. The van der Waals surface area contributed by atoms with Gasteiger partial charge in [-0.25, -0.2) is 12.8 Å². The SMILES string of the molecule is CS(=O)(=O)N1CCN(C(=O)[C@@H](CCCN[C@H]2C[C@@H]2c2ccc(F)cc2)c2ccccc2C(N)=O)CC1. The van der Waals surface area contributed by atoms with Crippen molar-refractivity contribution in [2.75, 3.05) is 39.0 Å². The number of hydrogen-bond donors (Lipinski definition) is 2. The van der Waals surface area contributed by atoms with Crippen molar-refractivity contribution in [3.63, 3.8) is 0 Å². The van der Waals surface area contributed by atoms with Crippen LogP contribution in [-0.2, 0) is 14.8 Å². The van der Waals surface area contributed by atoms with Gasteiger partial charge in [0, 0.05) is 43.7 Å². The minimum absolute atomic E-state index is 0.118. The van der Waals surface area contributed by atoms with E-state index in [-0.39, 0.29) is 24.8 Å². The average Bonchev–Trinajstić information content (AvgIpc) is 3.63. The predicted molar refractivity (Wildman–Crippen MR) is 135 cm³/mol. The Balaban J connectivity index is 1.39. The molecule has 3 N–H and O–H groups in total. The number of piperazine rings is 1. The normalized spacial score (nSPS) is 21.2. The quantitative estimate of drug-likeness (QED) is 0.470. The molecular formula is C26H33FN4O4S. The van der Waals surface area contributed by atoms with Gasteiger partial charge >= 0.3 is 0 Å². The van der Waals surface area contributed by atoms with Gasteiger partial charge in [-0.1, -0.05) is 30.3 Å². The average molecular weight is 517 g/mol. The summed E-state index contributed by atoms with van der Waals surface area (Å²) in [4.78, 5) is 27.4. The van der Waals surface area contributed by atoms with Crippen LogP contribution >= 0.6 is 0 Å². The molecule has 1 saturated heterocycles. The predicted octanol–water partition coefficient (Wildman–Crippen LogP) is 2.04. The van der Waals surface area contributed by atoms with E-state index in [4.69, 9.17) is 5.73 Å². The Hall–Kier alpha value is -2.82. The molecule has 1 heterocycles. The van der Waals surface area contributed by atoms with Gasteiger partial charge in [0.25, 0.3) is 0 Å². The number of primary amides is 1. The lowest BCUT2D eigenvalue weighted by molar-refractivity contribution is -0.134. The molecule has 2 fully saturated rings. The number of carbonyl (C=O) groups excluding carboxylic acids is 2. The van der Waals surface area contributed by atoms with Crippen molar-refractivity contribution in [1.82, 2.24) is 14.5 Å². The van der Waals surface area contributed by atoms with Crippen LogP contribution in [-0.4, -0.2) is 74.5 Å². The van der Waals surface area contributed by atoms with Crippen LogP contribution < -0.4 is 11.1 Å². The van der Waals surface area contributed by atoms with E-state index < -0.39 is 21.8 Å². The van der Waals surface area contributed by atoms with Crippen LogP contribution in [0.2, 0.25) is 0 Å². The molecule has 2 amide bonds. The van der Waals surface area contributed by atoms with E-state index in [0.29, 0.717) is 55.6 Å². The molecule has 2 aliphatic rings. The number of nitrogens with two attached hydrogens (primary N) is 1. The summed E-state index contributed by atoms with van der Waals surface area (Å²) in [6.07, 6.45) is 3.39. The van der Waals surface area contributed by atoms with Gasteiger partial charge < -0.3 is 16.0 Å². The second-order valence-corrected chi connectivity index (χ2v) is 11.6. The molecular weight excluding hydrogens is 483 g/mol. The van der Waals surface area contributed by atoms with E-state index in [1.54, 1.807) is 29.2 Å². The highest BCUT2D eigenvalue weighted by atomic mass is 32.2. The summed E-state index contributed by atoms with van der Waals surface area (Å²) in [5.41, 5.74) is 7.66. The number of carbonyl (C=O) groups is 2. The fraction of sp³-hybridized carbons (Fsp3) is 0.462. The number of sulfonamides is 1. The van der Waals surface area contributed by atoms with E-state index in [1.165, 1.54) is 22.7 Å². The summed E-state index contributed by atoms with van der Waals surface area (Å²) in [6.45, 7) is 1.82. The zero-order valence-electron chi connectivity index (χ0n) is 20.4. The van der Waals surface area contributed by atoms with Gasteiger partial charge in [0.05, 0.1) is 12.2 Å². The maximum absolute atomic E-state index is 13.6. The number of nitrogens with zero attached hydrogens (tertiary/aromatic N) is 2. The summed E-state index contributed by atoms with van der Waals surface area (Å²) in [5.74, 6) is -1.12. The minimum atomic E-state index is -3.30. The Morgan fingerprint density at radius 1 is 1.08 bits per heavy atom. The van der Waals surface area contributed by atoms with Crippen LogP contribution in [0.15, 0.2) is 48.5 Å². The molecule has 1 aliphatic carbocycles. The number of hydrogen-bond acceptors (Lipinski definition) is 5. The van der Waals surface area contributed by atoms with Crippen molar-refractivity contribution in [3.05, 3.63) is 71.0 Å². The first kappa shape index (κ1) is 26.2. The molecule has 0 unspecified atom stereocenters. The van der Waals surface area contributed by atoms with Crippen LogP contribution in [0.4, 0.5) is 4.39 Å². The highest BCUT2D eigenvalue weighted by molar-refractivity contribution is 7.88. The molecule has 0 radical (unpaired) electrons. The molecule has 194 valence electrons. The van der Waals surface area contributed by atoms with E-state index in [2.05, 4.69) is 5.32 Å². The lowest BCUT2D eigenvalue weighted by atomic mass is 9.88. The lowest BCUT2D eigenvalue weighted by Crippen LogP contribution is -2.51. The van der Waals surface area contributed by atoms with E-state index in [1.807, 2.05) is 12.1 Å². The first-order valence-electron chi connectivity index (χ1n) is 12.3. The second kappa shape index (κ2) is 11.1. The first-order valence-corrected chi connectivity index (χ1v) is 14.1. The van der Waals surface area contributed by atoms with Gasteiger partial charge in [0.1, 0.15) is 5.82 Å². The van der Waals surface area contributed by atoms with Crippen molar-refractivity contribution in [1.29, 1.82) is 0 Å². The molecule has 0 spiro atoms. The molecule has 2 aromatic carbocycles. The Labute approximate surface area is 211 Å². The Morgan fingerprint density at radius 2 is 1.75 bits per heavy atom. The Morgan fingerprint density at radius 3 is 2.39 bits per heavy atom. The second-order valence-electron chi connectivity index (χ2n) is 9.59. The van der Waals surface area contributed by atoms with Crippen LogP contribution in [0, 0.1) is 5.82 Å². The van der Waals surface area contributed by atoms with Gasteiger partial charge in [-0.05, 0) is 55.1 Å². The molecule has 8 nitrogen and oxygen atoms in total. The minimum Gasteiger partial charge on any atom is -0.366 e. The van der Waals surface area contributed by atoms with Gasteiger partial charge in [-0.15, -0.1) is 0 Å². The topological polar surface area (TPSA) is 113 Å². The lowest BCUT2D eigenvalue weighted by Gasteiger charge is -2.35. The molecule has 3 atom stereocenters. The van der Waals surface area contributed by atoms with Crippen LogP contribution in [0.3, 0.4) is 0 Å². The van der Waals surface area contributed by atoms with Crippen LogP contribution in [0.1, 0.15) is 52.6 Å². The Bertz CT molecular complexity index is 1200. The third-order valence-electron chi connectivity index (χ3n) is 7.08. The zero-order chi connectivity index (χ0) is 25.9. The van der Waals surface area contributed by atoms with Crippen molar-refractivity contribution in [2.24, 2.45) is 5.73 Å². The maximum Gasteiger partial charge on any atom is 0.249 e. The summed E-state index contributed by atoms with van der Waals surface area (Å²) in [7, 11) is -3.30. The molecule has 36 heavy (non-hydrogen) atoms. The van der Waals surface area contributed by atoms with E-state index >= 15 is 0 Å². The molecule has 1 saturated carbocycles. The van der Waals surface area contributed by atoms with Crippen LogP contribution in [0.25, 0.3) is 0 Å². The standard InChI is InChI=1S/C26H33FN4O4S/c1-36(34,35)31-15-13-30(14-16-31)26(33)22(20-5-2-3-6-21(20)25(28)32)7-4-12-29-24-17-23(24)18-8-10-19(27)11-9-18/h2-3,5-6,8-11,22-24,29H,4,7,12-17H2,1H3,(H2,28,32)/t22-,23+,24-/m0/s1. The summed E-state index contributed by atoms with van der Waals surface area (Å²) in [5, 5.41) is 3.52. The number of benzene rings is 2. The molecule has 2 aromatic rings. The largest absolute Gasteiger partial charge is 0.366 e. The number of rotatable bonds is 10. The molecule has 1 aliphatic heterocycles. The highest BCUT2D eigenvalue weighted by Gasteiger charge is 2.38. The van der Waals surface area contributed by atoms with Crippen molar-refractivity contribution >= 4 is 21.8 Å². The van der Waals surface area contributed by atoms with Gasteiger partial charge in [-0.3, -0.25) is 9.59 Å². The third-order valence-corrected chi connectivity index (χ3v) is 8.39.